The number of hydrogen-bond donors (Lipinski definition) is 1. The van der Waals surface area contributed by atoms with Gasteiger partial charge in [0.2, 0.25) is 0 Å². The van der Waals surface area contributed by atoms with E-state index in [2.05, 4.69) is 27.3 Å². The highest BCUT2D eigenvalue weighted by atomic mass is 16.5. The monoisotopic (exact) mass is 357 g/mol. The highest BCUT2D eigenvalue weighted by Gasteiger charge is 2.25. The van der Waals surface area contributed by atoms with Gasteiger partial charge in [0.25, 0.3) is 0 Å². The van der Waals surface area contributed by atoms with E-state index in [9.17, 15) is 4.79 Å². The second-order valence-corrected chi connectivity index (χ2v) is 6.21. The van der Waals surface area contributed by atoms with E-state index in [0.29, 0.717) is 6.61 Å². The fraction of sp³-hybridized carbons (Fsp3) is 0.400. The summed E-state index contributed by atoms with van der Waals surface area (Å²) < 4.78 is 10.9. The summed E-state index contributed by atoms with van der Waals surface area (Å²) in [6.07, 6.45) is 2.75. The van der Waals surface area contributed by atoms with Gasteiger partial charge >= 0.3 is 0 Å². The number of aromatic nitrogens is 1. The molecule has 0 atom stereocenters. The van der Waals surface area contributed by atoms with Crippen molar-refractivity contribution in [3.05, 3.63) is 53.9 Å². The van der Waals surface area contributed by atoms with Crippen molar-refractivity contribution in [3.63, 3.8) is 0 Å². The minimum absolute atomic E-state index is 0.216. The Morgan fingerprint density at radius 2 is 1.88 bits per heavy atom. The van der Waals surface area contributed by atoms with Gasteiger partial charge in [0.05, 0.1) is 12.8 Å². The Bertz CT molecular complexity index is 670. The maximum atomic E-state index is 10.6. The van der Waals surface area contributed by atoms with Gasteiger partial charge in [-0.2, -0.15) is 0 Å². The van der Waals surface area contributed by atoms with Crippen molar-refractivity contribution in [1.82, 2.24) is 15.2 Å². The molecule has 3 rings (SSSR count). The largest absolute Gasteiger partial charge is 0.497 e. The molecule has 6 nitrogen and oxygen atoms in total. The maximum absolute atomic E-state index is 10.6. The lowest BCUT2D eigenvalue weighted by molar-refractivity contribution is -0.115. The Labute approximate surface area is 155 Å². The zero-order valence-corrected chi connectivity index (χ0v) is 15.6. The molecule has 6 heteroatoms. The Balaban J connectivity index is 0.000000758. The molecule has 1 aliphatic rings. The lowest BCUT2D eigenvalue weighted by Crippen LogP contribution is -2.46. The topological polar surface area (TPSA) is 63.7 Å². The van der Waals surface area contributed by atoms with Crippen LogP contribution in [0.1, 0.15) is 11.3 Å². The summed E-state index contributed by atoms with van der Waals surface area (Å²) in [5.41, 5.74) is 2.05. The second kappa shape index (κ2) is 10.5. The molecule has 0 saturated carbocycles. The summed E-state index contributed by atoms with van der Waals surface area (Å²) in [4.78, 5) is 17.1. The van der Waals surface area contributed by atoms with E-state index in [0.717, 1.165) is 43.1 Å². The fourth-order valence-electron chi connectivity index (χ4n) is 2.59. The molecule has 26 heavy (non-hydrogen) atoms. The van der Waals surface area contributed by atoms with Gasteiger partial charge in [-0.05, 0) is 37.9 Å². The first-order chi connectivity index (χ1) is 12.7. The van der Waals surface area contributed by atoms with Crippen LogP contribution >= 0.6 is 0 Å². The van der Waals surface area contributed by atoms with Crippen LogP contribution in [0.5, 0.6) is 11.5 Å². The minimum atomic E-state index is 0.216. The molecule has 1 N–H and O–H groups in total. The Kier molecular flexibility index (Phi) is 8.05. The molecule has 1 aromatic carbocycles. The standard InChI is InChI=1S/C18H20N2O3.C2H7N/c1-22-18-6-7-19-16(8-18)13-23-17-4-2-14(3-5-17)9-20-10-15(11-20)12-21;1-3-2/h2-8,12,15H,9-11,13H2,1H3;3H,1-2H3. The number of likely N-dealkylation sites (tertiary alicyclic amines) is 1. The number of hydrogen-bond acceptors (Lipinski definition) is 6. The van der Waals surface area contributed by atoms with Crippen LogP contribution in [0.4, 0.5) is 0 Å². The summed E-state index contributed by atoms with van der Waals surface area (Å²) in [6, 6.07) is 11.7. The highest BCUT2D eigenvalue weighted by molar-refractivity contribution is 5.55. The third-order valence-corrected chi connectivity index (χ3v) is 3.92. The molecule has 1 aliphatic heterocycles. The van der Waals surface area contributed by atoms with Gasteiger partial charge in [-0.1, -0.05) is 12.1 Å². The first-order valence-corrected chi connectivity index (χ1v) is 8.65. The van der Waals surface area contributed by atoms with Crippen molar-refractivity contribution in [2.24, 2.45) is 5.92 Å². The SMILES string of the molecule is CNC.COc1ccnc(COc2ccc(CN3CC(C=O)C3)cc2)c1. The lowest BCUT2D eigenvalue weighted by atomic mass is 10.0. The predicted octanol–water partition coefficient (Wildman–Crippen LogP) is 2.14. The molecular formula is C20H27N3O3. The molecule has 1 saturated heterocycles. The number of pyridine rings is 1. The summed E-state index contributed by atoms with van der Waals surface area (Å²) >= 11 is 0. The minimum Gasteiger partial charge on any atom is -0.497 e. The highest BCUT2D eigenvalue weighted by Crippen LogP contribution is 2.20. The van der Waals surface area contributed by atoms with E-state index in [1.54, 1.807) is 13.3 Å². The Hall–Kier alpha value is -2.44. The van der Waals surface area contributed by atoms with E-state index in [1.165, 1.54) is 5.56 Å². The van der Waals surface area contributed by atoms with Crippen molar-refractivity contribution < 1.29 is 14.3 Å². The van der Waals surface area contributed by atoms with Gasteiger partial charge in [-0.3, -0.25) is 9.88 Å². The Morgan fingerprint density at radius 3 is 2.50 bits per heavy atom. The molecule has 0 spiro atoms. The fourth-order valence-corrected chi connectivity index (χ4v) is 2.59. The molecule has 0 aliphatic carbocycles. The van der Waals surface area contributed by atoms with Gasteiger partial charge < -0.3 is 19.6 Å². The van der Waals surface area contributed by atoms with E-state index < -0.39 is 0 Å². The summed E-state index contributed by atoms with van der Waals surface area (Å²) in [7, 11) is 5.38. The number of rotatable bonds is 7. The number of nitrogens with one attached hydrogen (secondary N) is 1. The normalized spacial score (nSPS) is 14.0. The van der Waals surface area contributed by atoms with E-state index >= 15 is 0 Å². The van der Waals surface area contributed by atoms with Gasteiger partial charge in [-0.25, -0.2) is 0 Å². The number of aldehydes is 1. The van der Waals surface area contributed by atoms with Crippen LogP contribution in [0.15, 0.2) is 42.6 Å². The number of nitrogens with zero attached hydrogens (tertiary/aromatic N) is 2. The lowest BCUT2D eigenvalue weighted by Gasteiger charge is -2.36. The molecule has 0 unspecified atom stereocenters. The number of ether oxygens (including phenoxy) is 2. The quantitative estimate of drug-likeness (QED) is 0.766. The van der Waals surface area contributed by atoms with Crippen LogP contribution in [0.25, 0.3) is 0 Å². The van der Waals surface area contributed by atoms with Crippen molar-refractivity contribution >= 4 is 6.29 Å². The average Bonchev–Trinajstić information content (AvgIpc) is 2.64. The molecule has 0 bridgehead atoms. The second-order valence-electron chi connectivity index (χ2n) is 6.21. The number of carbonyl (C=O) groups is 1. The van der Waals surface area contributed by atoms with Crippen molar-refractivity contribution in [3.8, 4) is 11.5 Å². The van der Waals surface area contributed by atoms with E-state index in [4.69, 9.17) is 9.47 Å². The first-order valence-electron chi connectivity index (χ1n) is 8.65. The van der Waals surface area contributed by atoms with Crippen LogP contribution in [0.2, 0.25) is 0 Å². The third-order valence-electron chi connectivity index (χ3n) is 3.92. The van der Waals surface area contributed by atoms with Gasteiger partial charge in [0.1, 0.15) is 24.4 Å². The smallest absolute Gasteiger partial charge is 0.130 e. The van der Waals surface area contributed by atoms with E-state index in [1.807, 2.05) is 38.4 Å². The molecule has 2 heterocycles. The summed E-state index contributed by atoms with van der Waals surface area (Å²) in [6.45, 7) is 3.01. The molecule has 0 amide bonds. The predicted molar refractivity (Wildman–Crippen MR) is 101 cm³/mol. The Morgan fingerprint density at radius 1 is 1.19 bits per heavy atom. The molecule has 0 radical (unpaired) electrons. The van der Waals surface area contributed by atoms with Crippen LogP contribution in [0, 0.1) is 5.92 Å². The molecule has 1 aromatic heterocycles. The van der Waals surface area contributed by atoms with Gasteiger partial charge in [-0.15, -0.1) is 0 Å². The van der Waals surface area contributed by atoms with Crippen LogP contribution in [-0.2, 0) is 17.9 Å². The van der Waals surface area contributed by atoms with Crippen molar-refractivity contribution in [1.29, 1.82) is 0 Å². The van der Waals surface area contributed by atoms with Crippen molar-refractivity contribution in [2.45, 2.75) is 13.2 Å². The summed E-state index contributed by atoms with van der Waals surface area (Å²) in [5, 5.41) is 2.75. The molecule has 1 fully saturated rings. The van der Waals surface area contributed by atoms with Gasteiger partial charge in [0.15, 0.2) is 0 Å². The number of methoxy groups -OCH3 is 1. The average molecular weight is 357 g/mol. The van der Waals surface area contributed by atoms with Crippen LogP contribution in [0.3, 0.4) is 0 Å². The van der Waals surface area contributed by atoms with Crippen molar-refractivity contribution in [2.75, 3.05) is 34.3 Å². The first kappa shape index (κ1) is 19.9. The van der Waals surface area contributed by atoms with Crippen LogP contribution < -0.4 is 14.8 Å². The molecule has 2 aromatic rings. The zero-order valence-electron chi connectivity index (χ0n) is 15.6. The van der Waals surface area contributed by atoms with Gasteiger partial charge in [0, 0.05) is 37.8 Å². The third kappa shape index (κ3) is 6.13. The van der Waals surface area contributed by atoms with Crippen LogP contribution in [-0.4, -0.2) is 50.5 Å². The maximum Gasteiger partial charge on any atom is 0.130 e. The molecular weight excluding hydrogens is 330 g/mol. The van der Waals surface area contributed by atoms with E-state index in [-0.39, 0.29) is 5.92 Å². The number of carbonyl (C=O) groups excluding carboxylic acids is 1. The molecule has 140 valence electrons. The summed E-state index contributed by atoms with van der Waals surface area (Å²) in [5.74, 6) is 1.80. The zero-order chi connectivity index (χ0) is 18.8. The number of benzene rings is 1.